The minimum absolute atomic E-state index is 0.453. The highest BCUT2D eigenvalue weighted by atomic mass is 16.5. The largest absolute Gasteiger partial charge is 0.373 e. The van der Waals surface area contributed by atoms with Crippen molar-refractivity contribution in [3.05, 3.63) is 35.4 Å². The topological polar surface area (TPSA) is 33.0 Å². The van der Waals surface area contributed by atoms with E-state index in [0.29, 0.717) is 12.7 Å². The zero-order valence-corrected chi connectivity index (χ0v) is 11.8. The quantitative estimate of drug-likeness (QED) is 0.832. The lowest BCUT2D eigenvalue weighted by Gasteiger charge is -2.54. The number of benzene rings is 1. The first-order valence-electron chi connectivity index (χ1n) is 7.93. The molecule has 2 heteroatoms. The number of ether oxygens (including phenoxy) is 1. The molecule has 20 heavy (non-hydrogen) atoms. The van der Waals surface area contributed by atoms with Gasteiger partial charge < -0.3 is 4.74 Å². The Bertz CT molecular complexity index is 517. The van der Waals surface area contributed by atoms with E-state index >= 15 is 0 Å². The minimum Gasteiger partial charge on any atom is -0.373 e. The molecule has 104 valence electrons. The molecule has 4 aliphatic carbocycles. The summed E-state index contributed by atoms with van der Waals surface area (Å²) in [7, 11) is 0. The van der Waals surface area contributed by atoms with Crippen LogP contribution in [0.2, 0.25) is 0 Å². The summed E-state index contributed by atoms with van der Waals surface area (Å²) in [5.74, 6) is 3.56. The average Bonchev–Trinajstić information content (AvgIpc) is 2.46. The van der Waals surface area contributed by atoms with Gasteiger partial charge in [0.2, 0.25) is 0 Å². The number of hydrogen-bond donors (Lipinski definition) is 0. The molecule has 0 saturated heterocycles. The number of rotatable bonds is 3. The van der Waals surface area contributed by atoms with Crippen LogP contribution in [0.4, 0.5) is 0 Å². The number of nitrogens with zero attached hydrogens (tertiary/aromatic N) is 1. The Morgan fingerprint density at radius 1 is 1.00 bits per heavy atom. The summed E-state index contributed by atoms with van der Waals surface area (Å²) in [6.45, 7) is 0.608. The molecule has 0 N–H and O–H groups in total. The zero-order valence-electron chi connectivity index (χ0n) is 11.8. The molecule has 0 amide bonds. The van der Waals surface area contributed by atoms with Gasteiger partial charge in [-0.05, 0) is 67.4 Å². The maximum Gasteiger partial charge on any atom is 0.0995 e. The molecule has 0 heterocycles. The first-order chi connectivity index (χ1) is 9.83. The van der Waals surface area contributed by atoms with Crippen LogP contribution in [-0.2, 0) is 11.3 Å². The fourth-order valence-electron chi connectivity index (χ4n) is 5.09. The lowest BCUT2D eigenvalue weighted by Crippen LogP contribution is -2.49. The fraction of sp³-hybridized carbons (Fsp3) is 0.611. The second-order valence-corrected chi connectivity index (χ2v) is 6.98. The van der Waals surface area contributed by atoms with E-state index in [9.17, 15) is 0 Å². The zero-order chi connectivity index (χ0) is 13.5. The standard InChI is InChI=1S/C18H21NO/c19-10-14-3-1-2-4-15(14)11-20-18-16-6-12-5-13(8-16)9-17(18)7-12/h1-4,12-13,16-18H,5-9,11H2. The maximum absolute atomic E-state index is 9.15. The van der Waals surface area contributed by atoms with Crippen LogP contribution >= 0.6 is 0 Å². The molecule has 4 saturated carbocycles. The van der Waals surface area contributed by atoms with Gasteiger partial charge in [0.05, 0.1) is 24.3 Å². The third-order valence-corrected chi connectivity index (χ3v) is 5.71. The predicted octanol–water partition coefficient (Wildman–Crippen LogP) is 3.90. The molecule has 5 rings (SSSR count). The second kappa shape index (κ2) is 4.90. The van der Waals surface area contributed by atoms with E-state index in [4.69, 9.17) is 10.00 Å². The molecule has 0 spiro atoms. The normalized spacial score (nSPS) is 37.9. The van der Waals surface area contributed by atoms with Crippen molar-refractivity contribution in [2.75, 3.05) is 0 Å². The molecule has 0 atom stereocenters. The van der Waals surface area contributed by atoms with Crippen molar-refractivity contribution >= 4 is 0 Å². The Morgan fingerprint density at radius 3 is 2.30 bits per heavy atom. The Balaban J connectivity index is 1.46. The van der Waals surface area contributed by atoms with Crippen LogP contribution < -0.4 is 0 Å². The second-order valence-electron chi connectivity index (χ2n) is 6.98. The van der Waals surface area contributed by atoms with Crippen LogP contribution in [0.15, 0.2) is 24.3 Å². The summed E-state index contributed by atoms with van der Waals surface area (Å²) in [4.78, 5) is 0. The summed E-state index contributed by atoms with van der Waals surface area (Å²) >= 11 is 0. The monoisotopic (exact) mass is 267 g/mol. The smallest absolute Gasteiger partial charge is 0.0995 e. The molecular formula is C18H21NO. The maximum atomic E-state index is 9.15. The Labute approximate surface area is 120 Å². The van der Waals surface area contributed by atoms with Gasteiger partial charge in [-0.1, -0.05) is 18.2 Å². The summed E-state index contributed by atoms with van der Waals surface area (Å²) in [5, 5.41) is 9.15. The Kier molecular flexibility index (Phi) is 3.04. The van der Waals surface area contributed by atoms with E-state index in [1.165, 1.54) is 32.1 Å². The third kappa shape index (κ3) is 2.05. The average molecular weight is 267 g/mol. The van der Waals surface area contributed by atoms with Gasteiger partial charge in [-0.15, -0.1) is 0 Å². The van der Waals surface area contributed by atoms with Gasteiger partial charge in [0.25, 0.3) is 0 Å². The molecule has 0 aliphatic heterocycles. The van der Waals surface area contributed by atoms with Gasteiger partial charge in [0.1, 0.15) is 0 Å². The molecule has 1 aromatic carbocycles. The van der Waals surface area contributed by atoms with Crippen LogP contribution in [0.5, 0.6) is 0 Å². The van der Waals surface area contributed by atoms with Crippen molar-refractivity contribution in [1.29, 1.82) is 5.26 Å². The Morgan fingerprint density at radius 2 is 1.65 bits per heavy atom. The van der Waals surface area contributed by atoms with Gasteiger partial charge >= 0.3 is 0 Å². The van der Waals surface area contributed by atoms with Crippen molar-refractivity contribution < 1.29 is 4.74 Å². The van der Waals surface area contributed by atoms with E-state index in [2.05, 4.69) is 6.07 Å². The van der Waals surface area contributed by atoms with Crippen LogP contribution in [0.3, 0.4) is 0 Å². The van der Waals surface area contributed by atoms with E-state index in [0.717, 1.165) is 34.8 Å². The van der Waals surface area contributed by atoms with Crippen LogP contribution in [-0.4, -0.2) is 6.10 Å². The lowest BCUT2D eigenvalue weighted by molar-refractivity contribution is -0.132. The summed E-state index contributed by atoms with van der Waals surface area (Å²) < 4.78 is 6.30. The lowest BCUT2D eigenvalue weighted by atomic mass is 9.55. The first kappa shape index (κ1) is 12.4. The van der Waals surface area contributed by atoms with Crippen molar-refractivity contribution in [3.63, 3.8) is 0 Å². The molecule has 0 unspecified atom stereocenters. The number of nitriles is 1. The molecule has 1 aromatic rings. The summed E-state index contributed by atoms with van der Waals surface area (Å²) in [5.41, 5.74) is 1.81. The van der Waals surface area contributed by atoms with Crippen molar-refractivity contribution in [2.45, 2.75) is 44.8 Å². The molecule has 4 fully saturated rings. The van der Waals surface area contributed by atoms with Gasteiger partial charge in [-0.3, -0.25) is 0 Å². The highest BCUT2D eigenvalue weighted by Gasteiger charge is 2.48. The van der Waals surface area contributed by atoms with Crippen molar-refractivity contribution in [3.8, 4) is 6.07 Å². The van der Waals surface area contributed by atoms with E-state index in [-0.39, 0.29) is 0 Å². The van der Waals surface area contributed by atoms with Gasteiger partial charge in [0.15, 0.2) is 0 Å². The van der Waals surface area contributed by atoms with Crippen LogP contribution in [0.1, 0.15) is 43.2 Å². The highest BCUT2D eigenvalue weighted by Crippen LogP contribution is 2.54. The first-order valence-corrected chi connectivity index (χ1v) is 7.93. The molecule has 4 bridgehead atoms. The van der Waals surface area contributed by atoms with Crippen molar-refractivity contribution in [1.82, 2.24) is 0 Å². The van der Waals surface area contributed by atoms with Crippen LogP contribution in [0, 0.1) is 35.0 Å². The van der Waals surface area contributed by atoms with E-state index < -0.39 is 0 Å². The molecular weight excluding hydrogens is 246 g/mol. The molecule has 2 nitrogen and oxygen atoms in total. The van der Waals surface area contributed by atoms with Gasteiger partial charge in [-0.25, -0.2) is 0 Å². The highest BCUT2D eigenvalue weighted by molar-refractivity contribution is 5.36. The summed E-state index contributed by atoms with van der Waals surface area (Å²) in [6.07, 6.45) is 7.48. The van der Waals surface area contributed by atoms with E-state index in [1.54, 1.807) is 0 Å². The van der Waals surface area contributed by atoms with Crippen molar-refractivity contribution in [2.24, 2.45) is 23.7 Å². The molecule has 0 aromatic heterocycles. The van der Waals surface area contributed by atoms with Gasteiger partial charge in [-0.2, -0.15) is 5.26 Å². The Hall–Kier alpha value is -1.33. The van der Waals surface area contributed by atoms with Crippen LogP contribution in [0.25, 0.3) is 0 Å². The van der Waals surface area contributed by atoms with E-state index in [1.807, 2.05) is 24.3 Å². The fourth-order valence-corrected chi connectivity index (χ4v) is 5.09. The third-order valence-electron chi connectivity index (χ3n) is 5.71. The van der Waals surface area contributed by atoms with Gasteiger partial charge in [0, 0.05) is 0 Å². The predicted molar refractivity (Wildman–Crippen MR) is 76.8 cm³/mol. The minimum atomic E-state index is 0.453. The molecule has 4 aliphatic rings. The summed E-state index contributed by atoms with van der Waals surface area (Å²) in [6, 6.07) is 10.1. The SMILES string of the molecule is N#Cc1ccccc1COC1C2CC3CC(C2)CC1C3. The molecule has 0 radical (unpaired) electrons. The number of hydrogen-bond acceptors (Lipinski definition) is 2.